The summed E-state index contributed by atoms with van der Waals surface area (Å²) in [5.41, 5.74) is 2.49. The molecule has 5 rings (SSSR count). The summed E-state index contributed by atoms with van der Waals surface area (Å²) in [6.07, 6.45) is 5.15. The number of benzene rings is 2. The molecule has 120 valence electrons. The highest BCUT2D eigenvalue weighted by Crippen LogP contribution is 2.35. The van der Waals surface area contributed by atoms with Gasteiger partial charge in [-0.15, -0.1) is 0 Å². The lowest BCUT2D eigenvalue weighted by Gasteiger charge is -2.17. The van der Waals surface area contributed by atoms with E-state index in [2.05, 4.69) is 44.4 Å². The lowest BCUT2D eigenvalue weighted by atomic mass is 10.00. The Morgan fingerprint density at radius 3 is 2.88 bits per heavy atom. The minimum Gasteiger partial charge on any atom is -0.488 e. The van der Waals surface area contributed by atoms with Crippen molar-refractivity contribution in [1.82, 2.24) is 20.1 Å². The van der Waals surface area contributed by atoms with Crippen LogP contribution in [0, 0.1) is 0 Å². The normalized spacial score (nSPS) is 13.2. The van der Waals surface area contributed by atoms with Gasteiger partial charge in [-0.25, -0.2) is 9.97 Å². The molecular formula is C19H12N4O2. The zero-order valence-electron chi connectivity index (χ0n) is 13.1. The van der Waals surface area contributed by atoms with Crippen molar-refractivity contribution in [1.29, 1.82) is 0 Å². The van der Waals surface area contributed by atoms with Crippen molar-refractivity contribution in [3.8, 4) is 17.3 Å². The molecule has 0 amide bonds. The summed E-state index contributed by atoms with van der Waals surface area (Å²) in [5, 5.41) is 6.30. The standard InChI is InChI=1S/C19H12N4O2/c1-2-4-14-12(3-1)5-6-17-15(14)9-13(10-24-17)19-22-18(23-25-19)16-7-8-20-11-21-16/h1-9,11H,10H2. The number of hydrogen-bond donors (Lipinski definition) is 0. The Labute approximate surface area is 142 Å². The van der Waals surface area contributed by atoms with Crippen molar-refractivity contribution >= 4 is 22.4 Å². The summed E-state index contributed by atoms with van der Waals surface area (Å²) < 4.78 is 11.3. The molecule has 0 atom stereocenters. The van der Waals surface area contributed by atoms with Gasteiger partial charge in [-0.2, -0.15) is 4.98 Å². The molecule has 0 radical (unpaired) electrons. The van der Waals surface area contributed by atoms with Gasteiger partial charge in [0, 0.05) is 11.8 Å². The average Bonchev–Trinajstić information content (AvgIpc) is 3.18. The molecule has 0 aliphatic carbocycles. The van der Waals surface area contributed by atoms with E-state index in [0.29, 0.717) is 24.0 Å². The fourth-order valence-electron chi connectivity index (χ4n) is 2.93. The molecule has 0 N–H and O–H groups in total. The topological polar surface area (TPSA) is 73.9 Å². The number of ether oxygens (including phenoxy) is 1. The van der Waals surface area contributed by atoms with Gasteiger partial charge in [-0.05, 0) is 29.0 Å². The molecule has 1 aliphatic heterocycles. The predicted molar refractivity (Wildman–Crippen MR) is 92.6 cm³/mol. The molecule has 6 heteroatoms. The van der Waals surface area contributed by atoms with Crippen molar-refractivity contribution < 1.29 is 9.26 Å². The number of hydrogen-bond acceptors (Lipinski definition) is 6. The van der Waals surface area contributed by atoms with Crippen LogP contribution in [0.3, 0.4) is 0 Å². The first-order valence-electron chi connectivity index (χ1n) is 7.84. The Morgan fingerprint density at radius 2 is 1.96 bits per heavy atom. The van der Waals surface area contributed by atoms with Gasteiger partial charge in [0.1, 0.15) is 24.4 Å². The highest BCUT2D eigenvalue weighted by molar-refractivity contribution is 5.98. The van der Waals surface area contributed by atoms with Gasteiger partial charge in [0.25, 0.3) is 5.89 Å². The SMILES string of the molecule is C1=C(c2nc(-c3ccncn3)no2)COc2ccc3ccccc3c21. The third-order valence-corrected chi connectivity index (χ3v) is 4.14. The Bertz CT molecular complexity index is 1100. The minimum absolute atomic E-state index is 0.386. The van der Waals surface area contributed by atoms with Crippen LogP contribution in [0.25, 0.3) is 33.9 Å². The first kappa shape index (κ1) is 13.9. The quantitative estimate of drug-likeness (QED) is 0.559. The van der Waals surface area contributed by atoms with Gasteiger partial charge in [0.15, 0.2) is 0 Å². The van der Waals surface area contributed by atoms with Crippen LogP contribution in [0.15, 0.2) is 59.5 Å². The van der Waals surface area contributed by atoms with Gasteiger partial charge < -0.3 is 9.26 Å². The van der Waals surface area contributed by atoms with Crippen molar-refractivity contribution in [3.05, 3.63) is 66.4 Å². The Balaban J connectivity index is 1.59. The molecule has 25 heavy (non-hydrogen) atoms. The van der Waals surface area contributed by atoms with Gasteiger partial charge >= 0.3 is 0 Å². The maximum Gasteiger partial charge on any atom is 0.257 e. The second-order valence-electron chi connectivity index (χ2n) is 5.67. The van der Waals surface area contributed by atoms with Gasteiger partial charge in [-0.1, -0.05) is 35.5 Å². The molecule has 6 nitrogen and oxygen atoms in total. The smallest absolute Gasteiger partial charge is 0.257 e. The number of fused-ring (bicyclic) bond motifs is 3. The van der Waals surface area contributed by atoms with E-state index in [1.54, 1.807) is 12.3 Å². The minimum atomic E-state index is 0.386. The summed E-state index contributed by atoms with van der Waals surface area (Å²) in [5.74, 6) is 1.73. The molecule has 4 aromatic rings. The zero-order chi connectivity index (χ0) is 16.6. The fourth-order valence-corrected chi connectivity index (χ4v) is 2.93. The van der Waals surface area contributed by atoms with E-state index in [1.807, 2.05) is 18.2 Å². The molecule has 0 spiro atoms. The van der Waals surface area contributed by atoms with Crippen molar-refractivity contribution in [2.75, 3.05) is 6.61 Å². The van der Waals surface area contributed by atoms with Crippen LogP contribution >= 0.6 is 0 Å². The molecule has 1 aliphatic rings. The van der Waals surface area contributed by atoms with E-state index in [1.165, 1.54) is 6.33 Å². The molecule has 3 heterocycles. The van der Waals surface area contributed by atoms with Crippen LogP contribution in [-0.2, 0) is 0 Å². The lowest BCUT2D eigenvalue weighted by molar-refractivity contribution is 0.352. The maximum absolute atomic E-state index is 5.89. The second kappa shape index (κ2) is 5.52. The molecule has 0 bridgehead atoms. The van der Waals surface area contributed by atoms with Crippen molar-refractivity contribution in [2.24, 2.45) is 0 Å². The van der Waals surface area contributed by atoms with E-state index >= 15 is 0 Å². The molecule has 2 aromatic heterocycles. The van der Waals surface area contributed by atoms with Crippen LogP contribution in [-0.4, -0.2) is 26.7 Å². The van der Waals surface area contributed by atoms with Gasteiger partial charge in [0.2, 0.25) is 5.82 Å². The molecule has 0 saturated heterocycles. The van der Waals surface area contributed by atoms with Gasteiger partial charge in [0.05, 0.1) is 5.57 Å². The van der Waals surface area contributed by atoms with Crippen LogP contribution in [0.2, 0.25) is 0 Å². The zero-order valence-corrected chi connectivity index (χ0v) is 13.1. The Kier molecular flexibility index (Phi) is 3.06. The summed E-state index contributed by atoms with van der Waals surface area (Å²) in [6, 6.07) is 14.0. The van der Waals surface area contributed by atoms with E-state index in [-0.39, 0.29) is 0 Å². The Hall–Kier alpha value is -3.54. The molecule has 0 saturated carbocycles. The Morgan fingerprint density at radius 1 is 1.00 bits per heavy atom. The van der Waals surface area contributed by atoms with E-state index < -0.39 is 0 Å². The first-order valence-corrected chi connectivity index (χ1v) is 7.84. The largest absolute Gasteiger partial charge is 0.488 e. The average molecular weight is 328 g/mol. The van der Waals surface area contributed by atoms with E-state index in [0.717, 1.165) is 27.7 Å². The van der Waals surface area contributed by atoms with Crippen molar-refractivity contribution in [3.63, 3.8) is 0 Å². The monoisotopic (exact) mass is 328 g/mol. The summed E-state index contributed by atoms with van der Waals surface area (Å²) in [6.45, 7) is 0.386. The fraction of sp³-hybridized carbons (Fsp3) is 0.0526. The first-order chi connectivity index (χ1) is 12.4. The summed E-state index contributed by atoms with van der Waals surface area (Å²) in [4.78, 5) is 12.5. The third-order valence-electron chi connectivity index (χ3n) is 4.14. The van der Waals surface area contributed by atoms with E-state index in [9.17, 15) is 0 Å². The molecule has 2 aromatic carbocycles. The highest BCUT2D eigenvalue weighted by Gasteiger charge is 2.20. The summed E-state index contributed by atoms with van der Waals surface area (Å²) >= 11 is 0. The lowest BCUT2D eigenvalue weighted by Crippen LogP contribution is -2.07. The third kappa shape index (κ3) is 2.35. The van der Waals surface area contributed by atoms with Crippen LogP contribution in [0.4, 0.5) is 0 Å². The predicted octanol–water partition coefficient (Wildman–Crippen LogP) is 3.61. The second-order valence-corrected chi connectivity index (χ2v) is 5.67. The molecule has 0 unspecified atom stereocenters. The molecule has 0 fully saturated rings. The number of nitrogens with zero attached hydrogens (tertiary/aromatic N) is 4. The van der Waals surface area contributed by atoms with Crippen molar-refractivity contribution in [2.45, 2.75) is 0 Å². The maximum atomic E-state index is 5.89. The van der Waals surface area contributed by atoms with Crippen LogP contribution in [0.5, 0.6) is 5.75 Å². The van der Waals surface area contributed by atoms with E-state index in [4.69, 9.17) is 9.26 Å². The van der Waals surface area contributed by atoms with Gasteiger partial charge in [-0.3, -0.25) is 0 Å². The van der Waals surface area contributed by atoms with Crippen LogP contribution in [0.1, 0.15) is 11.5 Å². The molecular weight excluding hydrogens is 316 g/mol. The number of rotatable bonds is 2. The number of aromatic nitrogens is 4. The van der Waals surface area contributed by atoms with Crippen LogP contribution < -0.4 is 4.74 Å². The highest BCUT2D eigenvalue weighted by atomic mass is 16.5. The summed E-state index contributed by atoms with van der Waals surface area (Å²) in [7, 11) is 0.